The zero-order valence-electron chi connectivity index (χ0n) is 17.6. The van der Waals surface area contributed by atoms with E-state index >= 15 is 0 Å². The van der Waals surface area contributed by atoms with Crippen LogP contribution in [-0.2, 0) is 20.7 Å². The molecule has 166 valence electrons. The van der Waals surface area contributed by atoms with Crippen LogP contribution < -0.4 is 5.32 Å². The van der Waals surface area contributed by atoms with Gasteiger partial charge in [0.25, 0.3) is 5.69 Å². The molecule has 0 aliphatic rings. The molecule has 1 amide bonds. The molecular formula is C22H22N4O5S. The molecule has 10 heteroatoms. The maximum absolute atomic E-state index is 12.7. The summed E-state index contributed by atoms with van der Waals surface area (Å²) in [4.78, 5) is 44.5. The normalized spacial score (nSPS) is 11.7. The highest BCUT2D eigenvalue weighted by molar-refractivity contribution is 7.13. The van der Waals surface area contributed by atoms with E-state index in [0.717, 1.165) is 10.6 Å². The topological polar surface area (TPSA) is 124 Å². The standard InChI is InChI=1S/C22H22N4O5S/c1-14(2)31-21(28)11-18(17-7-3-4-8-19(17)26(29)30)25-20(27)10-16-13-32-22(24-16)15-6-5-9-23-12-15/h3-9,12-14,18H,10-11H2,1-2H3,(H,25,27). The number of carbonyl (C=O) groups excluding carboxylic acids is 2. The Morgan fingerprint density at radius 2 is 2.00 bits per heavy atom. The van der Waals surface area contributed by atoms with Crippen molar-refractivity contribution < 1.29 is 19.2 Å². The average Bonchev–Trinajstić information content (AvgIpc) is 3.21. The number of thiazole rings is 1. The molecule has 1 aromatic carbocycles. The molecule has 0 saturated carbocycles. The second-order valence-electron chi connectivity index (χ2n) is 7.24. The number of carbonyl (C=O) groups is 2. The van der Waals surface area contributed by atoms with Crippen LogP contribution in [0.2, 0.25) is 0 Å². The minimum Gasteiger partial charge on any atom is -0.463 e. The number of benzene rings is 1. The van der Waals surface area contributed by atoms with E-state index in [4.69, 9.17) is 4.74 Å². The number of esters is 1. The average molecular weight is 455 g/mol. The molecule has 3 rings (SSSR count). The summed E-state index contributed by atoms with van der Waals surface area (Å²) in [6.45, 7) is 3.41. The molecule has 1 N–H and O–H groups in total. The summed E-state index contributed by atoms with van der Waals surface area (Å²) in [5.41, 5.74) is 1.46. The Morgan fingerprint density at radius 3 is 2.69 bits per heavy atom. The number of amides is 1. The lowest BCUT2D eigenvalue weighted by molar-refractivity contribution is -0.385. The maximum atomic E-state index is 12.7. The number of nitro benzene ring substituents is 1. The van der Waals surface area contributed by atoms with E-state index in [2.05, 4.69) is 15.3 Å². The molecule has 32 heavy (non-hydrogen) atoms. The van der Waals surface area contributed by atoms with Crippen molar-refractivity contribution in [2.75, 3.05) is 0 Å². The van der Waals surface area contributed by atoms with Gasteiger partial charge in [-0.1, -0.05) is 18.2 Å². The van der Waals surface area contributed by atoms with Crippen LogP contribution in [-0.4, -0.2) is 32.9 Å². The van der Waals surface area contributed by atoms with Crippen LogP contribution in [0.15, 0.2) is 54.2 Å². The van der Waals surface area contributed by atoms with Gasteiger partial charge in [-0.3, -0.25) is 24.7 Å². The molecule has 2 aromatic heterocycles. The smallest absolute Gasteiger partial charge is 0.308 e. The molecule has 0 fully saturated rings. The van der Waals surface area contributed by atoms with Gasteiger partial charge in [-0.25, -0.2) is 4.98 Å². The van der Waals surface area contributed by atoms with E-state index in [1.54, 1.807) is 43.8 Å². The fourth-order valence-electron chi connectivity index (χ4n) is 3.08. The quantitative estimate of drug-likeness (QED) is 0.296. The van der Waals surface area contributed by atoms with Crippen LogP contribution in [0.1, 0.15) is 37.6 Å². The second kappa shape index (κ2) is 10.6. The van der Waals surface area contributed by atoms with Gasteiger partial charge in [0, 0.05) is 29.4 Å². The van der Waals surface area contributed by atoms with Gasteiger partial charge in [-0.05, 0) is 26.0 Å². The number of hydrogen-bond donors (Lipinski definition) is 1. The zero-order chi connectivity index (χ0) is 23.1. The van der Waals surface area contributed by atoms with E-state index in [1.165, 1.54) is 29.5 Å². The minimum atomic E-state index is -0.910. The summed E-state index contributed by atoms with van der Waals surface area (Å²) in [6.07, 6.45) is 2.75. The fourth-order valence-corrected chi connectivity index (χ4v) is 3.90. The minimum absolute atomic E-state index is 0.0346. The van der Waals surface area contributed by atoms with Crippen molar-refractivity contribution in [1.82, 2.24) is 15.3 Å². The Bertz CT molecular complexity index is 1100. The number of ether oxygens (including phenoxy) is 1. The van der Waals surface area contributed by atoms with Crippen LogP contribution in [0.25, 0.3) is 10.6 Å². The molecule has 3 aromatic rings. The number of hydrogen-bond acceptors (Lipinski definition) is 8. The van der Waals surface area contributed by atoms with Gasteiger partial charge in [-0.2, -0.15) is 0 Å². The second-order valence-corrected chi connectivity index (χ2v) is 8.10. The van der Waals surface area contributed by atoms with Gasteiger partial charge in [-0.15, -0.1) is 11.3 Å². The number of aromatic nitrogens is 2. The Morgan fingerprint density at radius 1 is 1.22 bits per heavy atom. The number of nitrogens with zero attached hydrogens (tertiary/aromatic N) is 3. The molecule has 0 spiro atoms. The van der Waals surface area contributed by atoms with E-state index in [9.17, 15) is 19.7 Å². The molecule has 0 saturated heterocycles. The fraction of sp³-hybridized carbons (Fsp3) is 0.273. The van der Waals surface area contributed by atoms with Gasteiger partial charge < -0.3 is 10.1 Å². The Hall–Kier alpha value is -3.66. The van der Waals surface area contributed by atoms with E-state index < -0.39 is 22.8 Å². The van der Waals surface area contributed by atoms with E-state index in [1.807, 2.05) is 6.07 Å². The third-order valence-corrected chi connectivity index (χ3v) is 5.32. The lowest BCUT2D eigenvalue weighted by Gasteiger charge is -2.19. The van der Waals surface area contributed by atoms with Crippen LogP contribution in [0.3, 0.4) is 0 Å². The highest BCUT2D eigenvalue weighted by Gasteiger charge is 2.26. The zero-order valence-corrected chi connectivity index (χ0v) is 18.4. The molecule has 9 nitrogen and oxygen atoms in total. The highest BCUT2D eigenvalue weighted by atomic mass is 32.1. The molecule has 1 unspecified atom stereocenters. The molecule has 1 atom stereocenters. The molecular weight excluding hydrogens is 432 g/mol. The van der Waals surface area contributed by atoms with Crippen molar-refractivity contribution in [2.45, 2.75) is 38.8 Å². The van der Waals surface area contributed by atoms with Crippen molar-refractivity contribution in [1.29, 1.82) is 0 Å². The van der Waals surface area contributed by atoms with Crippen molar-refractivity contribution in [2.24, 2.45) is 0 Å². The summed E-state index contributed by atoms with van der Waals surface area (Å²) in [5, 5.41) is 16.7. The predicted molar refractivity (Wildman–Crippen MR) is 119 cm³/mol. The van der Waals surface area contributed by atoms with Crippen LogP contribution in [0, 0.1) is 10.1 Å². The number of pyridine rings is 1. The Balaban J connectivity index is 1.77. The first kappa shape index (κ1) is 23.0. The Labute approximate surface area is 188 Å². The SMILES string of the molecule is CC(C)OC(=O)CC(NC(=O)Cc1csc(-c2cccnc2)n1)c1ccccc1[N+](=O)[O-]. The number of para-hydroxylation sites is 1. The number of nitro groups is 1. The van der Waals surface area contributed by atoms with Gasteiger partial charge in [0.1, 0.15) is 5.01 Å². The first-order valence-corrected chi connectivity index (χ1v) is 10.8. The summed E-state index contributed by atoms with van der Waals surface area (Å²) in [5.74, 6) is -0.968. The van der Waals surface area contributed by atoms with Gasteiger partial charge >= 0.3 is 5.97 Å². The van der Waals surface area contributed by atoms with Gasteiger partial charge in [0.05, 0.1) is 41.2 Å². The molecule has 0 radical (unpaired) electrons. The summed E-state index contributed by atoms with van der Waals surface area (Å²) < 4.78 is 5.18. The van der Waals surface area contributed by atoms with Crippen LogP contribution in [0.4, 0.5) is 5.69 Å². The maximum Gasteiger partial charge on any atom is 0.308 e. The third-order valence-electron chi connectivity index (χ3n) is 4.38. The predicted octanol–water partition coefficient (Wildman–Crippen LogP) is 3.86. The van der Waals surface area contributed by atoms with E-state index in [-0.39, 0.29) is 30.2 Å². The van der Waals surface area contributed by atoms with E-state index in [0.29, 0.717) is 5.69 Å². The molecule has 2 heterocycles. The van der Waals surface area contributed by atoms with Gasteiger partial charge in [0.2, 0.25) is 5.91 Å². The largest absolute Gasteiger partial charge is 0.463 e. The monoisotopic (exact) mass is 454 g/mol. The molecule has 0 aliphatic carbocycles. The highest BCUT2D eigenvalue weighted by Crippen LogP contribution is 2.28. The van der Waals surface area contributed by atoms with Crippen molar-refractivity contribution in [3.63, 3.8) is 0 Å². The summed E-state index contributed by atoms with van der Waals surface area (Å²) in [6, 6.07) is 8.78. The third kappa shape index (κ3) is 6.17. The lowest BCUT2D eigenvalue weighted by Crippen LogP contribution is -2.32. The van der Waals surface area contributed by atoms with Gasteiger partial charge in [0.15, 0.2) is 0 Å². The molecule has 0 aliphatic heterocycles. The first-order chi connectivity index (χ1) is 15.3. The number of nitrogens with one attached hydrogen (secondary N) is 1. The van der Waals surface area contributed by atoms with Crippen LogP contribution in [0.5, 0.6) is 0 Å². The van der Waals surface area contributed by atoms with Crippen molar-refractivity contribution >= 4 is 28.9 Å². The summed E-state index contributed by atoms with van der Waals surface area (Å²) in [7, 11) is 0. The number of rotatable bonds is 9. The first-order valence-electron chi connectivity index (χ1n) is 9.90. The summed E-state index contributed by atoms with van der Waals surface area (Å²) >= 11 is 1.39. The Kier molecular flexibility index (Phi) is 7.61. The lowest BCUT2D eigenvalue weighted by atomic mass is 10.0. The molecule has 0 bridgehead atoms. The van der Waals surface area contributed by atoms with Crippen LogP contribution >= 0.6 is 11.3 Å². The van der Waals surface area contributed by atoms with Crippen molar-refractivity contribution in [3.05, 3.63) is 75.5 Å². The van der Waals surface area contributed by atoms with Crippen molar-refractivity contribution in [3.8, 4) is 10.6 Å².